The summed E-state index contributed by atoms with van der Waals surface area (Å²) in [6.45, 7) is 18.4. The van der Waals surface area contributed by atoms with E-state index in [0.29, 0.717) is 11.4 Å². The second-order valence-electron chi connectivity index (χ2n) is 9.67. The van der Waals surface area contributed by atoms with Crippen LogP contribution in [-0.2, 0) is 32.5 Å². The van der Waals surface area contributed by atoms with Crippen molar-refractivity contribution in [2.24, 2.45) is 0 Å². The van der Waals surface area contributed by atoms with E-state index < -0.39 is 80.7 Å². The van der Waals surface area contributed by atoms with E-state index in [-0.39, 0.29) is 39.7 Å². The zero-order valence-corrected chi connectivity index (χ0v) is 24.3. The highest BCUT2D eigenvalue weighted by Crippen LogP contribution is 2.42. The summed E-state index contributed by atoms with van der Waals surface area (Å²) in [6.07, 6.45) is -0.933. The van der Waals surface area contributed by atoms with Crippen LogP contribution in [0.2, 0.25) is 0 Å². The number of alkyl halides is 6. The largest absolute Gasteiger partial charge is 0.503 e. The minimum absolute atomic E-state index is 0.0386. The maximum absolute atomic E-state index is 13.7. The predicted molar refractivity (Wildman–Crippen MR) is 141 cm³/mol. The van der Waals surface area contributed by atoms with Crippen LogP contribution in [0.15, 0.2) is 10.1 Å². The van der Waals surface area contributed by atoms with Crippen molar-refractivity contribution in [3.63, 3.8) is 0 Å². The summed E-state index contributed by atoms with van der Waals surface area (Å²) >= 11 is 0. The number of benzene rings is 1. The monoisotopic (exact) mass is 676 g/mol. The Bertz CT molecular complexity index is 2470. The minimum atomic E-state index is -6.94. The summed E-state index contributed by atoms with van der Waals surface area (Å²) in [5.41, 5.74) is -15.4. The fourth-order valence-electron chi connectivity index (χ4n) is 5.17. The Morgan fingerprint density at radius 2 is 1.09 bits per heavy atom. The number of fused-ring (bicyclic) bond motifs is 6. The summed E-state index contributed by atoms with van der Waals surface area (Å²) in [6, 6.07) is 3.26. The lowest BCUT2D eigenvalue weighted by Crippen LogP contribution is -2.31. The summed E-state index contributed by atoms with van der Waals surface area (Å²) in [5, 5.41) is 14.0. The molecule has 232 valence electrons. The average molecular weight is 677 g/mol. The van der Waals surface area contributed by atoms with Gasteiger partial charge in [-0.1, -0.05) is 0 Å². The molecule has 2 heterocycles. The molecule has 12 nitrogen and oxygen atoms in total. The topological polar surface area (TPSA) is 176 Å². The Balaban J connectivity index is 2.13. The van der Waals surface area contributed by atoms with Gasteiger partial charge in [0.15, 0.2) is 0 Å². The summed E-state index contributed by atoms with van der Waals surface area (Å²) in [7, 11) is -13.8. The van der Waals surface area contributed by atoms with Crippen LogP contribution in [0.25, 0.3) is 43.6 Å². The van der Waals surface area contributed by atoms with Crippen molar-refractivity contribution in [3.8, 4) is 34.7 Å². The molecule has 46 heavy (non-hydrogen) atoms. The Kier molecular flexibility index (Phi) is 6.97. The highest BCUT2D eigenvalue weighted by atomic mass is 32.2. The molecule has 0 spiro atoms. The Morgan fingerprint density at radius 3 is 1.52 bits per heavy atom. The minimum Gasteiger partial charge on any atom is -0.254 e. The van der Waals surface area contributed by atoms with E-state index in [1.807, 2.05) is 0 Å². The summed E-state index contributed by atoms with van der Waals surface area (Å²) in [4.78, 5) is 21.8. The van der Waals surface area contributed by atoms with Gasteiger partial charge in [-0.05, 0) is 25.0 Å². The number of hydrogen-bond donors (Lipinski definition) is 0. The first-order valence-corrected chi connectivity index (χ1v) is 15.1. The lowest BCUT2D eigenvalue weighted by molar-refractivity contribution is -0.0461. The van der Waals surface area contributed by atoms with E-state index >= 15 is 0 Å². The first-order valence-electron chi connectivity index (χ1n) is 12.2. The third-order valence-electron chi connectivity index (χ3n) is 7.18. The lowest BCUT2D eigenvalue weighted by Gasteiger charge is -2.15. The molecule has 0 unspecified atom stereocenters. The third-order valence-corrected chi connectivity index (χ3v) is 10.1. The van der Waals surface area contributed by atoms with Crippen molar-refractivity contribution in [1.29, 1.82) is 10.5 Å². The maximum Gasteiger partial charge on any atom is 0.503 e. The van der Waals surface area contributed by atoms with Gasteiger partial charge in [0.2, 0.25) is 10.1 Å². The molecule has 1 aromatic carbocycles. The second-order valence-corrected chi connectivity index (χ2v) is 13.4. The van der Waals surface area contributed by atoms with Crippen LogP contribution in [0.3, 0.4) is 0 Å². The van der Waals surface area contributed by atoms with E-state index in [1.165, 1.54) is 0 Å². The van der Waals surface area contributed by atoms with Gasteiger partial charge in [0.05, 0.1) is 59.4 Å². The molecule has 0 bridgehead atoms. The Hall–Kier alpha value is -5.44. The van der Waals surface area contributed by atoms with Crippen LogP contribution < -0.4 is 10.4 Å². The van der Waals surface area contributed by atoms with E-state index in [4.69, 9.17) is 13.1 Å². The third kappa shape index (κ3) is 4.29. The second kappa shape index (κ2) is 10.0. The number of halogens is 6. The molecule has 3 aromatic rings. The highest BCUT2D eigenvalue weighted by molar-refractivity contribution is 7.95. The molecule has 0 amide bonds. The van der Waals surface area contributed by atoms with Gasteiger partial charge in [0.25, 0.3) is 31.1 Å². The Morgan fingerprint density at radius 1 is 0.696 bits per heavy atom. The standard InChI is InChI=1S/C26H10F6N8O4S2/c1-9-10(2)38-21-13(37-9)5-11-17(15(7-33)35-3)12-6-14-22(19(12)20(18(11)21)16(8-34)36-4)40-24(46(43,44)26(30,31)32)23(39-14)45(41,42)25(27,28)29/h5-6H2,1-2H3/b17-15+,20-16+. The molecule has 20 heteroatoms. The molecule has 2 aliphatic carbocycles. The van der Waals surface area contributed by atoms with Gasteiger partial charge >= 0.3 is 11.0 Å². The molecule has 0 atom stereocenters. The lowest BCUT2D eigenvalue weighted by atomic mass is 9.92. The van der Waals surface area contributed by atoms with Gasteiger partial charge in [-0.15, -0.1) is 0 Å². The first kappa shape index (κ1) is 32.0. The molecule has 0 saturated carbocycles. The molecule has 0 fully saturated rings. The van der Waals surface area contributed by atoms with Crippen LogP contribution >= 0.6 is 0 Å². The predicted octanol–water partition coefficient (Wildman–Crippen LogP) is 2.71. The van der Waals surface area contributed by atoms with Crippen molar-refractivity contribution in [1.82, 2.24) is 19.9 Å². The molecule has 0 radical (unpaired) electrons. The van der Waals surface area contributed by atoms with Crippen molar-refractivity contribution in [3.05, 3.63) is 67.2 Å². The van der Waals surface area contributed by atoms with Gasteiger partial charge in [-0.25, -0.2) is 52.0 Å². The Labute approximate surface area is 254 Å². The number of nitrogens with zero attached hydrogens (tertiary/aromatic N) is 8. The number of sulfone groups is 2. The van der Waals surface area contributed by atoms with Crippen LogP contribution in [0.4, 0.5) is 26.3 Å². The van der Waals surface area contributed by atoms with Crippen molar-refractivity contribution < 1.29 is 43.2 Å². The number of aromatic nitrogens is 4. The van der Waals surface area contributed by atoms with Crippen molar-refractivity contribution >= 4 is 31.1 Å². The van der Waals surface area contributed by atoms with Crippen LogP contribution in [-0.4, -0.2) is 47.8 Å². The normalized spacial score (nSPS) is 14.9. The van der Waals surface area contributed by atoms with Crippen molar-refractivity contribution in [2.45, 2.75) is 47.8 Å². The van der Waals surface area contributed by atoms with E-state index in [0.717, 1.165) is 0 Å². The fourth-order valence-corrected chi connectivity index (χ4v) is 7.26. The SMILES string of the molecule is [C-]#[N+]/C(C#N)=c1\c2c(/c(=C(/C#N)[N+]#[C-])c3c1Cc1nc(S(=O)(=O)C(F)(F)F)c(S(=O)(=O)C(F)(F)F)nc1-3)-c1nc(C)c(C)nc1C2. The molecule has 0 N–H and O–H groups in total. The summed E-state index contributed by atoms with van der Waals surface area (Å²) in [5.74, 6) is 0. The molecular weight excluding hydrogens is 666 g/mol. The summed E-state index contributed by atoms with van der Waals surface area (Å²) < 4.78 is 132. The van der Waals surface area contributed by atoms with Crippen LogP contribution in [0.5, 0.6) is 0 Å². The maximum atomic E-state index is 13.7. The van der Waals surface area contributed by atoms with Gasteiger partial charge in [0, 0.05) is 34.4 Å². The number of hydrogen-bond acceptors (Lipinski definition) is 10. The average Bonchev–Trinajstić information content (AvgIpc) is 3.51. The van der Waals surface area contributed by atoms with Crippen LogP contribution in [0, 0.1) is 49.7 Å². The fraction of sp³-hybridized carbons (Fsp3) is 0.231. The number of rotatable bonds is 2. The molecule has 0 aliphatic heterocycles. The molecular formula is C26H10F6N8O4S2. The number of nitriles is 2. The van der Waals surface area contributed by atoms with Crippen LogP contribution in [0.1, 0.15) is 33.9 Å². The van der Waals surface area contributed by atoms with Gasteiger partial charge in [-0.3, -0.25) is 4.98 Å². The van der Waals surface area contributed by atoms with Crippen molar-refractivity contribution in [2.75, 3.05) is 0 Å². The smallest absolute Gasteiger partial charge is 0.254 e. The molecule has 0 saturated heterocycles. The first-order chi connectivity index (χ1) is 21.3. The quantitative estimate of drug-likeness (QED) is 0.200. The number of aryl methyl sites for hydroxylation is 2. The van der Waals surface area contributed by atoms with E-state index in [9.17, 15) is 53.7 Å². The van der Waals surface area contributed by atoms with Gasteiger partial charge in [-0.2, -0.15) is 26.3 Å². The zero-order valence-electron chi connectivity index (χ0n) is 22.7. The highest BCUT2D eigenvalue weighted by Gasteiger charge is 2.56. The molecule has 2 aliphatic rings. The molecule has 2 aromatic heterocycles. The van der Waals surface area contributed by atoms with Gasteiger partial charge < -0.3 is 0 Å². The van der Waals surface area contributed by atoms with E-state index in [2.05, 4.69) is 29.6 Å². The zero-order chi connectivity index (χ0) is 34.3. The van der Waals surface area contributed by atoms with E-state index in [1.54, 1.807) is 26.0 Å². The molecule has 5 rings (SSSR count). The van der Waals surface area contributed by atoms with Gasteiger partial charge in [0.1, 0.15) is 0 Å².